The number of benzene rings is 1. The zero-order valence-corrected chi connectivity index (χ0v) is 13.3. The maximum absolute atomic E-state index is 12.7. The number of hydrogen-bond donors (Lipinski definition) is 3. The van der Waals surface area contributed by atoms with Crippen LogP contribution in [-0.4, -0.2) is 30.8 Å². The van der Waals surface area contributed by atoms with Gasteiger partial charge in [0.15, 0.2) is 0 Å². The first-order valence-corrected chi connectivity index (χ1v) is 7.15. The average Bonchev–Trinajstić information content (AvgIpc) is 2.45. The predicted octanol–water partition coefficient (Wildman–Crippen LogP) is 1.94. The first-order chi connectivity index (χ1) is 11.1. The molecule has 0 fully saturated rings. The molecule has 1 aromatic carbocycles. The van der Waals surface area contributed by atoms with Crippen LogP contribution in [0.4, 0.5) is 18.9 Å². The molecule has 0 spiro atoms. The molecule has 0 heterocycles. The summed E-state index contributed by atoms with van der Waals surface area (Å²) in [4.78, 5) is 33.7. The van der Waals surface area contributed by atoms with Gasteiger partial charge in [0.25, 0.3) is 0 Å². The second-order valence-corrected chi connectivity index (χ2v) is 5.16. The molecule has 3 N–H and O–H groups in total. The maximum Gasteiger partial charge on any atom is 0.417 e. The molecule has 0 aliphatic rings. The average molecular weight is 366 g/mol. The molecule has 0 bridgehead atoms. The fraction of sp³-hybridized carbons (Fsp3) is 0.357. The van der Waals surface area contributed by atoms with Crippen molar-refractivity contribution in [3.8, 4) is 0 Å². The van der Waals surface area contributed by atoms with Crippen LogP contribution in [0.25, 0.3) is 0 Å². The molecular formula is C14H15ClF3N3O3. The lowest BCUT2D eigenvalue weighted by atomic mass is 10.2. The van der Waals surface area contributed by atoms with Crippen LogP contribution in [0, 0.1) is 0 Å². The van der Waals surface area contributed by atoms with E-state index in [0.29, 0.717) is 6.07 Å². The highest BCUT2D eigenvalue weighted by molar-refractivity contribution is 6.31. The van der Waals surface area contributed by atoms with Crippen molar-refractivity contribution in [2.45, 2.75) is 19.5 Å². The van der Waals surface area contributed by atoms with Crippen molar-refractivity contribution in [1.29, 1.82) is 0 Å². The monoisotopic (exact) mass is 365 g/mol. The van der Waals surface area contributed by atoms with Crippen molar-refractivity contribution in [3.05, 3.63) is 28.8 Å². The zero-order chi connectivity index (χ0) is 18.3. The van der Waals surface area contributed by atoms with E-state index in [1.807, 2.05) is 0 Å². The normalized spacial score (nSPS) is 10.9. The Morgan fingerprint density at radius 3 is 2.38 bits per heavy atom. The van der Waals surface area contributed by atoms with Crippen molar-refractivity contribution in [1.82, 2.24) is 10.6 Å². The number of alkyl halides is 3. The van der Waals surface area contributed by atoms with Crippen LogP contribution in [0.2, 0.25) is 5.02 Å². The molecular weight excluding hydrogens is 351 g/mol. The Labute approximate surface area is 140 Å². The number of carbonyl (C=O) groups excluding carboxylic acids is 3. The van der Waals surface area contributed by atoms with Crippen LogP contribution in [0.1, 0.15) is 18.9 Å². The van der Waals surface area contributed by atoms with Gasteiger partial charge >= 0.3 is 6.18 Å². The topological polar surface area (TPSA) is 87.3 Å². The summed E-state index contributed by atoms with van der Waals surface area (Å²) in [6.07, 6.45) is -4.66. The Hall–Kier alpha value is -2.29. The molecule has 10 heteroatoms. The largest absolute Gasteiger partial charge is 0.417 e. The SMILES string of the molecule is CC(=O)NCCC(=O)NCC(=O)Nc1ccc(Cl)c(C(F)(F)F)c1. The number of rotatable bonds is 6. The Morgan fingerprint density at radius 2 is 1.79 bits per heavy atom. The van der Waals surface area contributed by atoms with Crippen LogP contribution in [0.15, 0.2) is 18.2 Å². The lowest BCUT2D eigenvalue weighted by Gasteiger charge is -2.12. The molecule has 0 atom stereocenters. The van der Waals surface area contributed by atoms with E-state index in [2.05, 4.69) is 16.0 Å². The molecule has 3 amide bonds. The third kappa shape index (κ3) is 6.86. The number of anilines is 1. The molecule has 0 saturated heterocycles. The Kier molecular flexibility index (Phi) is 7.02. The Balaban J connectivity index is 2.51. The molecule has 0 saturated carbocycles. The number of amides is 3. The minimum Gasteiger partial charge on any atom is -0.356 e. The minimum absolute atomic E-state index is 0.0218. The molecule has 132 valence electrons. The van der Waals surface area contributed by atoms with E-state index in [1.54, 1.807) is 0 Å². The van der Waals surface area contributed by atoms with Gasteiger partial charge in [0.1, 0.15) is 0 Å². The smallest absolute Gasteiger partial charge is 0.356 e. The summed E-state index contributed by atoms with van der Waals surface area (Å²) in [5, 5.41) is 6.44. The summed E-state index contributed by atoms with van der Waals surface area (Å²) in [6.45, 7) is 1.00. The third-order valence-electron chi connectivity index (χ3n) is 2.73. The van der Waals surface area contributed by atoms with Crippen molar-refractivity contribution < 1.29 is 27.6 Å². The summed E-state index contributed by atoms with van der Waals surface area (Å²) < 4.78 is 38.1. The van der Waals surface area contributed by atoms with Gasteiger partial charge in [-0.2, -0.15) is 13.2 Å². The van der Waals surface area contributed by atoms with Gasteiger partial charge in [0, 0.05) is 25.6 Å². The summed E-state index contributed by atoms with van der Waals surface area (Å²) in [7, 11) is 0. The van der Waals surface area contributed by atoms with E-state index in [-0.39, 0.29) is 24.6 Å². The molecule has 0 aliphatic carbocycles. The number of carbonyl (C=O) groups is 3. The Morgan fingerprint density at radius 1 is 1.12 bits per heavy atom. The number of hydrogen-bond acceptors (Lipinski definition) is 3. The summed E-state index contributed by atoms with van der Waals surface area (Å²) in [5.74, 6) is -1.46. The van der Waals surface area contributed by atoms with Crippen molar-refractivity contribution >= 4 is 35.0 Å². The summed E-state index contributed by atoms with van der Waals surface area (Å²) >= 11 is 5.47. The molecule has 0 aromatic heterocycles. The van der Waals surface area contributed by atoms with Gasteiger partial charge in [-0.1, -0.05) is 11.6 Å². The van der Waals surface area contributed by atoms with Crippen LogP contribution in [-0.2, 0) is 20.6 Å². The first kappa shape index (κ1) is 19.8. The van der Waals surface area contributed by atoms with E-state index >= 15 is 0 Å². The maximum atomic E-state index is 12.7. The van der Waals surface area contributed by atoms with Crippen LogP contribution < -0.4 is 16.0 Å². The quantitative estimate of drug-likeness (QED) is 0.720. The van der Waals surface area contributed by atoms with Crippen LogP contribution in [0.5, 0.6) is 0 Å². The van der Waals surface area contributed by atoms with Crippen molar-refractivity contribution in [2.75, 3.05) is 18.4 Å². The fourth-order valence-electron chi connectivity index (χ4n) is 1.64. The summed E-state index contributed by atoms with van der Waals surface area (Å²) in [6, 6.07) is 2.94. The zero-order valence-electron chi connectivity index (χ0n) is 12.6. The minimum atomic E-state index is -4.64. The van der Waals surface area contributed by atoms with Gasteiger partial charge in [-0.05, 0) is 18.2 Å². The van der Waals surface area contributed by atoms with E-state index < -0.39 is 35.1 Å². The highest BCUT2D eigenvalue weighted by atomic mass is 35.5. The highest BCUT2D eigenvalue weighted by Crippen LogP contribution is 2.36. The lowest BCUT2D eigenvalue weighted by Crippen LogP contribution is -2.35. The van der Waals surface area contributed by atoms with Crippen LogP contribution in [0.3, 0.4) is 0 Å². The number of halogens is 4. The van der Waals surface area contributed by atoms with Gasteiger partial charge in [0.2, 0.25) is 17.7 Å². The lowest BCUT2D eigenvalue weighted by molar-refractivity contribution is -0.137. The van der Waals surface area contributed by atoms with E-state index in [9.17, 15) is 27.6 Å². The molecule has 0 aliphatic heterocycles. The molecule has 6 nitrogen and oxygen atoms in total. The van der Waals surface area contributed by atoms with E-state index in [4.69, 9.17) is 11.6 Å². The molecule has 0 unspecified atom stereocenters. The molecule has 1 aromatic rings. The first-order valence-electron chi connectivity index (χ1n) is 6.77. The molecule has 0 radical (unpaired) electrons. The second kappa shape index (κ2) is 8.53. The molecule has 1 rings (SSSR count). The van der Waals surface area contributed by atoms with Crippen molar-refractivity contribution in [2.24, 2.45) is 0 Å². The van der Waals surface area contributed by atoms with Gasteiger partial charge < -0.3 is 16.0 Å². The van der Waals surface area contributed by atoms with Gasteiger partial charge in [-0.15, -0.1) is 0 Å². The second-order valence-electron chi connectivity index (χ2n) is 4.75. The number of nitrogens with one attached hydrogen (secondary N) is 3. The van der Waals surface area contributed by atoms with Gasteiger partial charge in [-0.3, -0.25) is 14.4 Å². The van der Waals surface area contributed by atoms with Crippen molar-refractivity contribution in [3.63, 3.8) is 0 Å². The van der Waals surface area contributed by atoms with E-state index in [1.165, 1.54) is 13.0 Å². The standard InChI is InChI=1S/C14H15ClF3N3O3/c1-8(22)19-5-4-12(23)20-7-13(24)21-9-2-3-11(15)10(6-9)14(16,17)18/h2-3,6H,4-5,7H2,1H3,(H,19,22)(H,20,23)(H,21,24). The van der Waals surface area contributed by atoms with Gasteiger partial charge in [0.05, 0.1) is 17.1 Å². The predicted molar refractivity (Wildman–Crippen MR) is 81.4 cm³/mol. The Bertz CT molecular complexity index is 635. The third-order valence-corrected chi connectivity index (χ3v) is 3.06. The van der Waals surface area contributed by atoms with E-state index in [0.717, 1.165) is 6.07 Å². The van der Waals surface area contributed by atoms with Gasteiger partial charge in [-0.25, -0.2) is 0 Å². The highest BCUT2D eigenvalue weighted by Gasteiger charge is 2.33. The molecule has 24 heavy (non-hydrogen) atoms. The fourth-order valence-corrected chi connectivity index (χ4v) is 1.87. The summed E-state index contributed by atoms with van der Waals surface area (Å²) in [5.41, 5.74) is -1.16. The van der Waals surface area contributed by atoms with Crippen LogP contribution >= 0.6 is 11.6 Å².